The molecule has 0 aromatic heterocycles. The van der Waals surface area contributed by atoms with E-state index in [2.05, 4.69) is 41.9 Å². The number of esters is 1. The van der Waals surface area contributed by atoms with Crippen LogP contribution in [0.2, 0.25) is 0 Å². The lowest BCUT2D eigenvalue weighted by molar-refractivity contribution is -0.140. The molecule has 2 saturated heterocycles. The molecule has 0 radical (unpaired) electrons. The fraction of sp³-hybridized carbons (Fsp3) is 0.423. The van der Waals surface area contributed by atoms with Gasteiger partial charge in [-0.15, -0.1) is 0 Å². The van der Waals surface area contributed by atoms with Crippen LogP contribution in [-0.2, 0) is 38.1 Å². The van der Waals surface area contributed by atoms with E-state index in [-0.39, 0.29) is 44.4 Å². The first kappa shape index (κ1) is 40.9. The molecule has 2 aliphatic heterocycles. The number of carboxylic acid groups (broad SMARTS) is 2. The van der Waals surface area contributed by atoms with Crippen LogP contribution in [0.3, 0.4) is 0 Å². The van der Waals surface area contributed by atoms with E-state index in [1.807, 2.05) is 0 Å². The number of morpholine rings is 2. The Morgan fingerprint density at radius 2 is 1.31 bits per heavy atom. The maximum atomic E-state index is 12.4. The second-order valence-electron chi connectivity index (χ2n) is 8.64. The molecule has 0 amide bonds. The number of halogens is 3. The quantitative estimate of drug-likeness (QED) is 0.283. The molecule has 0 unspecified atom stereocenters. The minimum atomic E-state index is -3.93. The highest BCUT2D eigenvalue weighted by Crippen LogP contribution is 2.27. The normalized spacial score (nSPS) is 15.0. The summed E-state index contributed by atoms with van der Waals surface area (Å²) in [5.74, 6) is -2.58. The summed E-state index contributed by atoms with van der Waals surface area (Å²) < 4.78 is 63.2. The Hall–Kier alpha value is -2.16. The number of benzene rings is 2. The fourth-order valence-corrected chi connectivity index (χ4v) is 7.78. The fourth-order valence-electron chi connectivity index (χ4n) is 3.30. The number of nitrogens with zero attached hydrogens (tertiary/aromatic N) is 1. The monoisotopic (exact) mass is 822 g/mol. The highest BCUT2D eigenvalue weighted by Gasteiger charge is 2.29. The van der Waals surface area contributed by atoms with Crippen molar-refractivity contribution in [2.24, 2.45) is 0 Å². The Kier molecular flexibility index (Phi) is 18.3. The van der Waals surface area contributed by atoms with E-state index >= 15 is 0 Å². The second kappa shape index (κ2) is 20.2. The number of ether oxygens (including phenoxy) is 3. The van der Waals surface area contributed by atoms with Crippen LogP contribution in [0.25, 0.3) is 0 Å². The summed E-state index contributed by atoms with van der Waals surface area (Å²) >= 11 is 6.11. The van der Waals surface area contributed by atoms with E-state index in [4.69, 9.17) is 30.4 Å². The van der Waals surface area contributed by atoms with E-state index < -0.39 is 31.0 Å². The zero-order valence-electron chi connectivity index (χ0n) is 24.2. The van der Waals surface area contributed by atoms with Gasteiger partial charge in [0.25, 0.3) is 9.05 Å². The maximum absolute atomic E-state index is 12.4. The number of carboxylic acids is 2. The van der Waals surface area contributed by atoms with Crippen molar-refractivity contribution in [3.63, 3.8) is 0 Å². The Morgan fingerprint density at radius 3 is 1.64 bits per heavy atom. The van der Waals surface area contributed by atoms with Gasteiger partial charge in [0.05, 0.1) is 54.0 Å². The minimum absolute atomic E-state index is 0.0331. The van der Waals surface area contributed by atoms with Crippen molar-refractivity contribution in [3.05, 3.63) is 56.5 Å². The number of aromatic carboxylic acids is 2. The van der Waals surface area contributed by atoms with Crippen LogP contribution >= 0.6 is 42.5 Å². The topological polar surface area (TPSA) is 203 Å². The number of sulfonamides is 1. The number of hydrogen-bond acceptors (Lipinski definition) is 11. The molecule has 45 heavy (non-hydrogen) atoms. The zero-order chi connectivity index (χ0) is 34.2. The molecule has 14 nitrogen and oxygen atoms in total. The van der Waals surface area contributed by atoms with Crippen molar-refractivity contribution >= 4 is 79.5 Å². The van der Waals surface area contributed by atoms with E-state index in [0.29, 0.717) is 24.3 Å². The Labute approximate surface area is 282 Å². The Bertz CT molecular complexity index is 1500. The third-order valence-corrected chi connectivity index (χ3v) is 10.6. The van der Waals surface area contributed by atoms with Gasteiger partial charge >= 0.3 is 17.9 Å². The summed E-state index contributed by atoms with van der Waals surface area (Å²) in [6.07, 6.45) is 0. The van der Waals surface area contributed by atoms with Crippen LogP contribution in [-0.4, -0.2) is 108 Å². The maximum Gasteiger partial charge on any atom is 0.335 e. The zero-order valence-corrected chi connectivity index (χ0v) is 29.8. The predicted molar refractivity (Wildman–Crippen MR) is 171 cm³/mol. The van der Waals surface area contributed by atoms with Gasteiger partial charge in [-0.25, -0.2) is 26.4 Å². The van der Waals surface area contributed by atoms with Gasteiger partial charge in [0.1, 0.15) is 0 Å². The predicted octanol–water partition coefficient (Wildman–Crippen LogP) is 3.42. The van der Waals surface area contributed by atoms with E-state index in [9.17, 15) is 31.2 Å². The van der Waals surface area contributed by atoms with Gasteiger partial charge in [0.15, 0.2) is 0 Å². The molecule has 2 aromatic carbocycles. The molecule has 2 fully saturated rings. The lowest BCUT2D eigenvalue weighted by atomic mass is 10.2. The largest absolute Gasteiger partial charge is 0.478 e. The standard InChI is InChI=1S/C11H12BrNO5S.C7H4BrClO4S.C4H9NO.C4H8O2/c12-9-2-1-8(11(14)15)7-10(9)19(16,17)13-3-5-18-6-4-13;8-5-2-1-4(7(10)11)3-6(5)14(9,12)13;1-3-6-4-2-5-1;1-3-6-4(2)5/h1-2,7H,3-6H2,(H,14,15);1-3H,(H,10,11);5H,1-4H2;3H2,1-2H3. The molecule has 3 N–H and O–H groups in total. The van der Waals surface area contributed by atoms with E-state index in [1.54, 1.807) is 6.92 Å². The van der Waals surface area contributed by atoms with Crippen LogP contribution in [0.1, 0.15) is 34.6 Å². The Balaban J connectivity index is 0.000000338. The summed E-state index contributed by atoms with van der Waals surface area (Å²) in [6.45, 7) is 8.71. The Morgan fingerprint density at radius 1 is 0.867 bits per heavy atom. The van der Waals surface area contributed by atoms with Crippen LogP contribution < -0.4 is 5.32 Å². The molecular formula is C26H33Br2ClN2O12S2. The summed E-state index contributed by atoms with van der Waals surface area (Å²) in [7, 11) is -2.54. The van der Waals surface area contributed by atoms with Gasteiger partial charge in [-0.1, -0.05) is 0 Å². The van der Waals surface area contributed by atoms with Gasteiger partial charge in [0, 0.05) is 52.7 Å². The average molecular weight is 825 g/mol. The van der Waals surface area contributed by atoms with E-state index in [1.165, 1.54) is 35.5 Å². The van der Waals surface area contributed by atoms with Gasteiger partial charge in [-0.05, 0) is 75.2 Å². The summed E-state index contributed by atoms with van der Waals surface area (Å²) in [5.41, 5.74) is -0.192. The number of hydrogen-bond donors (Lipinski definition) is 3. The molecular weight excluding hydrogens is 792 g/mol. The first-order valence-corrected chi connectivity index (χ1v) is 18.4. The van der Waals surface area contributed by atoms with Crippen LogP contribution in [0, 0.1) is 0 Å². The molecule has 0 atom stereocenters. The van der Waals surface area contributed by atoms with Gasteiger partial charge in [0.2, 0.25) is 10.0 Å². The van der Waals surface area contributed by atoms with Crippen molar-refractivity contribution in [1.29, 1.82) is 0 Å². The third-order valence-electron chi connectivity index (χ3n) is 5.40. The number of carbonyl (C=O) groups excluding carboxylic acids is 1. The van der Waals surface area contributed by atoms with Crippen molar-refractivity contribution in [2.75, 3.05) is 59.2 Å². The van der Waals surface area contributed by atoms with Crippen molar-refractivity contribution in [2.45, 2.75) is 23.6 Å². The molecule has 19 heteroatoms. The number of rotatable bonds is 6. The molecule has 2 heterocycles. The van der Waals surface area contributed by atoms with Gasteiger partial charge in [-0.3, -0.25) is 4.79 Å². The highest BCUT2D eigenvalue weighted by molar-refractivity contribution is 9.10. The van der Waals surface area contributed by atoms with Gasteiger partial charge < -0.3 is 29.7 Å². The molecule has 0 bridgehead atoms. The molecule has 0 saturated carbocycles. The first-order chi connectivity index (χ1) is 21.0. The molecule has 0 aliphatic carbocycles. The van der Waals surface area contributed by atoms with Crippen LogP contribution in [0.4, 0.5) is 0 Å². The smallest absolute Gasteiger partial charge is 0.335 e. The SMILES string of the molecule is C1COCCN1.CCOC(C)=O.O=C(O)c1ccc(Br)c(S(=O)(=O)Cl)c1.O=C(O)c1ccc(Br)c(S(=O)(=O)N2CCOCC2)c1. The summed E-state index contributed by atoms with van der Waals surface area (Å²) in [6, 6.07) is 7.53. The third kappa shape index (κ3) is 14.9. The van der Waals surface area contributed by atoms with Crippen LogP contribution in [0.5, 0.6) is 0 Å². The lowest BCUT2D eigenvalue weighted by Gasteiger charge is -2.26. The molecule has 2 aromatic rings. The minimum Gasteiger partial charge on any atom is -0.478 e. The number of nitrogens with one attached hydrogen (secondary N) is 1. The molecule has 252 valence electrons. The second-order valence-corrected chi connectivity index (χ2v) is 14.8. The van der Waals surface area contributed by atoms with Crippen LogP contribution in [0.15, 0.2) is 55.1 Å². The molecule has 2 aliphatic rings. The summed E-state index contributed by atoms with van der Waals surface area (Å²) in [4.78, 5) is 31.0. The lowest BCUT2D eigenvalue weighted by Crippen LogP contribution is -2.40. The highest BCUT2D eigenvalue weighted by atomic mass is 79.9. The van der Waals surface area contributed by atoms with Crippen molar-refractivity contribution in [3.8, 4) is 0 Å². The van der Waals surface area contributed by atoms with Crippen molar-refractivity contribution < 1.29 is 55.6 Å². The molecule has 0 spiro atoms. The number of carbonyl (C=O) groups is 3. The summed E-state index contributed by atoms with van der Waals surface area (Å²) in [5, 5.41) is 20.7. The van der Waals surface area contributed by atoms with Crippen molar-refractivity contribution in [1.82, 2.24) is 9.62 Å². The molecule has 4 rings (SSSR count). The average Bonchev–Trinajstić information content (AvgIpc) is 2.99. The first-order valence-electron chi connectivity index (χ1n) is 13.0. The van der Waals surface area contributed by atoms with Gasteiger partial charge in [-0.2, -0.15) is 4.31 Å². The van der Waals surface area contributed by atoms with E-state index in [0.717, 1.165) is 38.4 Å².